The van der Waals surface area contributed by atoms with Gasteiger partial charge in [0.2, 0.25) is 5.91 Å². The van der Waals surface area contributed by atoms with E-state index in [1.165, 1.54) is 12.0 Å². The Labute approximate surface area is 120 Å². The highest BCUT2D eigenvalue weighted by Gasteiger charge is 2.30. The summed E-state index contributed by atoms with van der Waals surface area (Å²) >= 11 is 0. The van der Waals surface area contributed by atoms with Crippen molar-refractivity contribution in [1.29, 1.82) is 0 Å². The predicted octanol–water partition coefficient (Wildman–Crippen LogP) is 1.32. The maximum absolute atomic E-state index is 12.4. The van der Waals surface area contributed by atoms with E-state index in [-0.39, 0.29) is 18.6 Å². The number of aryl methyl sites for hydroxylation is 1. The second kappa shape index (κ2) is 7.41. The van der Waals surface area contributed by atoms with Gasteiger partial charge in [-0.3, -0.25) is 4.79 Å². The van der Waals surface area contributed by atoms with Gasteiger partial charge in [-0.2, -0.15) is 0 Å². The summed E-state index contributed by atoms with van der Waals surface area (Å²) in [5.74, 6) is -0.0142. The third kappa shape index (κ3) is 3.81. The number of hydrogen-bond acceptors (Lipinski definition) is 3. The van der Waals surface area contributed by atoms with Crippen LogP contribution in [0.1, 0.15) is 31.2 Å². The summed E-state index contributed by atoms with van der Waals surface area (Å²) in [5.41, 5.74) is 7.24. The second-order valence-corrected chi connectivity index (χ2v) is 5.47. The van der Waals surface area contributed by atoms with E-state index in [0.717, 1.165) is 19.3 Å². The van der Waals surface area contributed by atoms with Gasteiger partial charge in [-0.25, -0.2) is 0 Å². The molecule has 2 rings (SSSR count). The molecule has 4 nitrogen and oxygen atoms in total. The zero-order valence-electron chi connectivity index (χ0n) is 11.9. The van der Waals surface area contributed by atoms with Crippen LogP contribution in [-0.4, -0.2) is 41.1 Å². The first-order valence-corrected chi connectivity index (χ1v) is 7.43. The van der Waals surface area contributed by atoms with E-state index in [9.17, 15) is 4.79 Å². The van der Waals surface area contributed by atoms with E-state index < -0.39 is 6.04 Å². The van der Waals surface area contributed by atoms with Crippen LogP contribution in [0, 0.1) is 0 Å². The third-order valence-corrected chi connectivity index (χ3v) is 4.04. The number of hydrogen-bond donors (Lipinski definition) is 2. The van der Waals surface area contributed by atoms with E-state index >= 15 is 0 Å². The van der Waals surface area contributed by atoms with Crippen LogP contribution in [0.25, 0.3) is 0 Å². The lowest BCUT2D eigenvalue weighted by atomic mass is 9.90. The second-order valence-electron chi connectivity index (χ2n) is 5.47. The van der Waals surface area contributed by atoms with Crippen LogP contribution in [0.5, 0.6) is 0 Å². The number of aliphatic hydroxyl groups excluding tert-OH is 1. The quantitative estimate of drug-likeness (QED) is 0.789. The van der Waals surface area contributed by atoms with Crippen LogP contribution in [-0.2, 0) is 11.2 Å². The van der Waals surface area contributed by atoms with E-state index in [4.69, 9.17) is 10.8 Å². The minimum Gasteiger partial charge on any atom is -0.395 e. The van der Waals surface area contributed by atoms with E-state index in [1.807, 2.05) is 18.2 Å². The molecule has 0 bridgehead atoms. The molecular formula is C16H24N2O2. The summed E-state index contributed by atoms with van der Waals surface area (Å²) in [6.07, 6.45) is 4.70. The first kappa shape index (κ1) is 15.0. The monoisotopic (exact) mass is 276 g/mol. The summed E-state index contributed by atoms with van der Waals surface area (Å²) < 4.78 is 0. The SMILES string of the molecule is N[C@@H](CCc1ccccc1)C(=O)N(CCO)C1CCC1. The largest absolute Gasteiger partial charge is 0.395 e. The van der Waals surface area contributed by atoms with Gasteiger partial charge in [-0.05, 0) is 37.7 Å². The lowest BCUT2D eigenvalue weighted by molar-refractivity contribution is -0.137. The van der Waals surface area contributed by atoms with Crippen molar-refractivity contribution in [3.63, 3.8) is 0 Å². The number of carbonyl (C=O) groups excluding carboxylic acids is 1. The molecule has 1 atom stereocenters. The Bertz CT molecular complexity index is 418. The first-order valence-electron chi connectivity index (χ1n) is 7.43. The molecule has 1 aliphatic carbocycles. The molecule has 1 saturated carbocycles. The number of benzene rings is 1. The molecule has 20 heavy (non-hydrogen) atoms. The minimum absolute atomic E-state index is 0.00758. The van der Waals surface area contributed by atoms with E-state index in [2.05, 4.69) is 12.1 Å². The van der Waals surface area contributed by atoms with E-state index in [0.29, 0.717) is 13.0 Å². The normalized spacial score (nSPS) is 16.5. The fraction of sp³-hybridized carbons (Fsp3) is 0.562. The van der Waals surface area contributed by atoms with Crippen molar-refractivity contribution in [2.45, 2.75) is 44.2 Å². The minimum atomic E-state index is -0.470. The van der Waals surface area contributed by atoms with Crippen molar-refractivity contribution in [2.24, 2.45) is 5.73 Å². The molecule has 0 unspecified atom stereocenters. The number of nitrogens with two attached hydrogens (primary N) is 1. The Morgan fingerprint density at radius 3 is 2.60 bits per heavy atom. The van der Waals surface area contributed by atoms with E-state index in [1.54, 1.807) is 4.90 Å². The number of nitrogens with zero attached hydrogens (tertiary/aromatic N) is 1. The standard InChI is InChI=1S/C16H24N2O2/c17-15(10-9-13-5-2-1-3-6-13)16(20)18(11-12-19)14-7-4-8-14/h1-3,5-6,14-15,19H,4,7-12,17H2/t15-/m0/s1. The third-order valence-electron chi connectivity index (χ3n) is 4.04. The first-order chi connectivity index (χ1) is 9.72. The average molecular weight is 276 g/mol. The van der Waals surface area contributed by atoms with Gasteiger partial charge in [0.1, 0.15) is 0 Å². The Balaban J connectivity index is 1.86. The zero-order valence-corrected chi connectivity index (χ0v) is 11.9. The van der Waals surface area contributed by atoms with Crippen molar-refractivity contribution in [3.05, 3.63) is 35.9 Å². The Morgan fingerprint density at radius 2 is 2.05 bits per heavy atom. The maximum atomic E-state index is 12.4. The fourth-order valence-electron chi connectivity index (χ4n) is 2.58. The molecule has 1 aliphatic rings. The molecule has 1 aromatic carbocycles. The van der Waals surface area contributed by atoms with Crippen molar-refractivity contribution in [1.82, 2.24) is 4.90 Å². The Kier molecular flexibility index (Phi) is 5.56. The topological polar surface area (TPSA) is 66.6 Å². The van der Waals surface area contributed by atoms with Crippen molar-refractivity contribution < 1.29 is 9.90 Å². The van der Waals surface area contributed by atoms with Gasteiger partial charge in [0.25, 0.3) is 0 Å². The van der Waals surface area contributed by atoms with Gasteiger partial charge < -0.3 is 15.7 Å². The van der Waals surface area contributed by atoms with Crippen molar-refractivity contribution in [2.75, 3.05) is 13.2 Å². The van der Waals surface area contributed by atoms with Gasteiger partial charge in [0, 0.05) is 12.6 Å². The van der Waals surface area contributed by atoms with Crippen LogP contribution >= 0.6 is 0 Å². The molecule has 3 N–H and O–H groups in total. The smallest absolute Gasteiger partial charge is 0.239 e. The Hall–Kier alpha value is -1.39. The number of amides is 1. The highest BCUT2D eigenvalue weighted by molar-refractivity contribution is 5.82. The van der Waals surface area contributed by atoms with Gasteiger partial charge in [0.15, 0.2) is 0 Å². The fourth-order valence-corrected chi connectivity index (χ4v) is 2.58. The Morgan fingerprint density at radius 1 is 1.35 bits per heavy atom. The highest BCUT2D eigenvalue weighted by Crippen LogP contribution is 2.25. The predicted molar refractivity (Wildman–Crippen MR) is 79.2 cm³/mol. The van der Waals surface area contributed by atoms with Crippen molar-refractivity contribution in [3.8, 4) is 0 Å². The van der Waals surface area contributed by atoms with Gasteiger partial charge >= 0.3 is 0 Å². The van der Waals surface area contributed by atoms with Crippen LogP contribution in [0.3, 0.4) is 0 Å². The molecule has 1 amide bonds. The molecule has 0 radical (unpaired) electrons. The highest BCUT2D eigenvalue weighted by atomic mass is 16.3. The van der Waals surface area contributed by atoms with Gasteiger partial charge in [-0.15, -0.1) is 0 Å². The molecule has 110 valence electrons. The van der Waals surface area contributed by atoms with Gasteiger partial charge in [-0.1, -0.05) is 30.3 Å². The summed E-state index contributed by atoms with van der Waals surface area (Å²) in [7, 11) is 0. The molecular weight excluding hydrogens is 252 g/mol. The molecule has 0 spiro atoms. The summed E-state index contributed by atoms with van der Waals surface area (Å²) in [6.45, 7) is 0.413. The average Bonchev–Trinajstić information content (AvgIpc) is 2.42. The molecule has 4 heteroatoms. The molecule has 1 fully saturated rings. The number of rotatable bonds is 7. The summed E-state index contributed by atoms with van der Waals surface area (Å²) in [4.78, 5) is 14.2. The lowest BCUT2D eigenvalue weighted by Crippen LogP contribution is -2.52. The lowest BCUT2D eigenvalue weighted by Gasteiger charge is -2.38. The summed E-state index contributed by atoms with van der Waals surface area (Å²) in [5, 5.41) is 9.11. The molecule has 0 aliphatic heterocycles. The molecule has 0 heterocycles. The molecule has 0 aromatic heterocycles. The van der Waals surface area contributed by atoms with Crippen LogP contribution in [0.4, 0.5) is 0 Å². The van der Waals surface area contributed by atoms with Crippen LogP contribution in [0.15, 0.2) is 30.3 Å². The van der Waals surface area contributed by atoms with Crippen LogP contribution < -0.4 is 5.73 Å². The molecule has 0 saturated heterocycles. The number of aliphatic hydroxyl groups is 1. The van der Waals surface area contributed by atoms with Gasteiger partial charge in [0.05, 0.1) is 12.6 Å². The van der Waals surface area contributed by atoms with Crippen molar-refractivity contribution >= 4 is 5.91 Å². The van der Waals surface area contributed by atoms with Crippen LogP contribution in [0.2, 0.25) is 0 Å². The zero-order chi connectivity index (χ0) is 14.4. The summed E-state index contributed by atoms with van der Waals surface area (Å²) in [6, 6.07) is 9.89. The number of carbonyl (C=O) groups is 1. The maximum Gasteiger partial charge on any atom is 0.239 e. The molecule has 1 aromatic rings.